The highest BCUT2D eigenvalue weighted by atomic mass is 35.5. The molecule has 0 amide bonds. The summed E-state index contributed by atoms with van der Waals surface area (Å²) in [5.41, 5.74) is 4.68. The van der Waals surface area contributed by atoms with Crippen LogP contribution in [0.4, 0.5) is 0 Å². The zero-order valence-electron chi connectivity index (χ0n) is 14.0. The van der Waals surface area contributed by atoms with Gasteiger partial charge in [0.15, 0.2) is 5.65 Å². The predicted octanol–water partition coefficient (Wildman–Crippen LogP) is 5.59. The number of ether oxygens (including phenoxy) is 1. The fraction of sp³-hybridized carbons (Fsp3) is 0.100. The number of benzene rings is 2. The van der Waals surface area contributed by atoms with Gasteiger partial charge in [0.25, 0.3) is 0 Å². The molecule has 4 aromatic rings. The van der Waals surface area contributed by atoms with Crippen LogP contribution in [-0.2, 0) is 6.61 Å². The average Bonchev–Trinajstić information content (AvgIpc) is 3.01. The van der Waals surface area contributed by atoms with E-state index in [4.69, 9.17) is 27.9 Å². The van der Waals surface area contributed by atoms with Crippen LogP contribution >= 0.6 is 23.2 Å². The summed E-state index contributed by atoms with van der Waals surface area (Å²) >= 11 is 12.1. The summed E-state index contributed by atoms with van der Waals surface area (Å²) < 4.78 is 7.68. The van der Waals surface area contributed by atoms with Crippen LogP contribution in [0.3, 0.4) is 0 Å². The van der Waals surface area contributed by atoms with Gasteiger partial charge in [-0.2, -0.15) is 5.10 Å². The van der Waals surface area contributed by atoms with Crippen molar-refractivity contribution in [3.05, 3.63) is 82.1 Å². The van der Waals surface area contributed by atoms with E-state index >= 15 is 0 Å². The molecule has 4 rings (SSSR count). The first-order valence-corrected chi connectivity index (χ1v) is 8.84. The van der Waals surface area contributed by atoms with Crippen LogP contribution in [0.2, 0.25) is 10.0 Å². The summed E-state index contributed by atoms with van der Waals surface area (Å²) in [7, 11) is 0. The summed E-state index contributed by atoms with van der Waals surface area (Å²) in [4.78, 5) is 4.34. The molecule has 0 fully saturated rings. The highest BCUT2D eigenvalue weighted by Gasteiger charge is 2.07. The van der Waals surface area contributed by atoms with Gasteiger partial charge in [-0.05, 0) is 49.4 Å². The number of aryl methyl sites for hydroxylation is 1. The van der Waals surface area contributed by atoms with E-state index in [2.05, 4.69) is 10.1 Å². The minimum absolute atomic E-state index is 0.382. The van der Waals surface area contributed by atoms with Crippen LogP contribution < -0.4 is 4.74 Å². The van der Waals surface area contributed by atoms with E-state index in [0.29, 0.717) is 16.7 Å². The second-order valence-electron chi connectivity index (χ2n) is 5.93. The van der Waals surface area contributed by atoms with Gasteiger partial charge in [0.2, 0.25) is 0 Å². The lowest BCUT2D eigenvalue weighted by atomic mass is 10.1. The molecule has 0 saturated heterocycles. The van der Waals surface area contributed by atoms with Crippen LogP contribution in [0, 0.1) is 6.92 Å². The maximum absolute atomic E-state index is 6.18. The van der Waals surface area contributed by atoms with Crippen LogP contribution in [-0.4, -0.2) is 14.6 Å². The Balaban J connectivity index is 1.55. The van der Waals surface area contributed by atoms with Crippen molar-refractivity contribution in [2.45, 2.75) is 13.5 Å². The number of halogens is 2. The lowest BCUT2D eigenvalue weighted by Gasteiger charge is -2.09. The number of fused-ring (bicyclic) bond motifs is 1. The van der Waals surface area contributed by atoms with Gasteiger partial charge in [-0.1, -0.05) is 29.3 Å². The van der Waals surface area contributed by atoms with Gasteiger partial charge in [0, 0.05) is 33.4 Å². The average molecular weight is 384 g/mol. The smallest absolute Gasteiger partial charge is 0.155 e. The Bertz CT molecular complexity index is 1070. The molecule has 0 aliphatic rings. The van der Waals surface area contributed by atoms with Crippen molar-refractivity contribution in [1.82, 2.24) is 14.6 Å². The van der Waals surface area contributed by atoms with Gasteiger partial charge in [0.1, 0.15) is 12.4 Å². The maximum Gasteiger partial charge on any atom is 0.155 e. The van der Waals surface area contributed by atoms with Gasteiger partial charge in [0.05, 0.1) is 11.4 Å². The van der Waals surface area contributed by atoms with E-state index in [1.807, 2.05) is 53.9 Å². The maximum atomic E-state index is 6.18. The third-order valence-electron chi connectivity index (χ3n) is 4.04. The fourth-order valence-electron chi connectivity index (χ4n) is 2.75. The predicted molar refractivity (Wildman–Crippen MR) is 104 cm³/mol. The second kappa shape index (κ2) is 6.98. The molecule has 2 heterocycles. The molecule has 4 nitrogen and oxygen atoms in total. The molecular weight excluding hydrogens is 369 g/mol. The van der Waals surface area contributed by atoms with Gasteiger partial charge in [-0.25, -0.2) is 9.50 Å². The van der Waals surface area contributed by atoms with E-state index in [-0.39, 0.29) is 0 Å². The molecule has 0 saturated carbocycles. The van der Waals surface area contributed by atoms with Crippen molar-refractivity contribution in [2.75, 3.05) is 0 Å². The first-order valence-electron chi connectivity index (χ1n) is 8.09. The van der Waals surface area contributed by atoms with E-state index < -0.39 is 0 Å². The van der Waals surface area contributed by atoms with Crippen molar-refractivity contribution in [3.63, 3.8) is 0 Å². The normalized spacial score (nSPS) is 11.0. The molecule has 0 radical (unpaired) electrons. The molecule has 26 heavy (non-hydrogen) atoms. The topological polar surface area (TPSA) is 39.4 Å². The Morgan fingerprint density at radius 3 is 2.58 bits per heavy atom. The standard InChI is InChI=1S/C20H15Cl2N3O/c1-13-10-20-23-9-8-19(25(20)24-13)14-3-6-17(7-4-14)26-12-15-2-5-16(21)11-18(15)22/h2-11H,12H2,1H3. The van der Waals surface area contributed by atoms with Crippen LogP contribution in [0.25, 0.3) is 16.9 Å². The minimum Gasteiger partial charge on any atom is -0.489 e. The van der Waals surface area contributed by atoms with Crippen molar-refractivity contribution >= 4 is 28.8 Å². The van der Waals surface area contributed by atoms with Gasteiger partial charge in [-0.3, -0.25) is 0 Å². The summed E-state index contributed by atoms with van der Waals surface area (Å²) in [6.07, 6.45) is 1.79. The van der Waals surface area contributed by atoms with E-state index in [9.17, 15) is 0 Å². The minimum atomic E-state index is 0.382. The SMILES string of the molecule is Cc1cc2nccc(-c3ccc(OCc4ccc(Cl)cc4Cl)cc3)n2n1. The molecule has 0 bridgehead atoms. The molecule has 0 unspecified atom stereocenters. The Kier molecular flexibility index (Phi) is 4.53. The number of hydrogen-bond donors (Lipinski definition) is 0. The Morgan fingerprint density at radius 2 is 1.81 bits per heavy atom. The first-order chi connectivity index (χ1) is 12.6. The van der Waals surface area contributed by atoms with Crippen molar-refractivity contribution in [2.24, 2.45) is 0 Å². The zero-order chi connectivity index (χ0) is 18.1. The Hall–Kier alpha value is -2.56. The molecule has 0 aliphatic heterocycles. The fourth-order valence-corrected chi connectivity index (χ4v) is 3.21. The molecule has 0 atom stereocenters. The number of rotatable bonds is 4. The lowest BCUT2D eigenvalue weighted by molar-refractivity contribution is 0.306. The number of nitrogens with zero attached hydrogens (tertiary/aromatic N) is 3. The largest absolute Gasteiger partial charge is 0.489 e. The third-order valence-corrected chi connectivity index (χ3v) is 4.63. The van der Waals surface area contributed by atoms with Crippen LogP contribution in [0.5, 0.6) is 5.75 Å². The molecule has 6 heteroatoms. The molecule has 0 N–H and O–H groups in total. The Labute approximate surface area is 161 Å². The second-order valence-corrected chi connectivity index (χ2v) is 6.78. The molecule has 2 aromatic heterocycles. The number of aromatic nitrogens is 3. The quantitative estimate of drug-likeness (QED) is 0.460. The van der Waals surface area contributed by atoms with E-state index in [1.165, 1.54) is 0 Å². The molecule has 0 aliphatic carbocycles. The monoisotopic (exact) mass is 383 g/mol. The van der Waals surface area contributed by atoms with Crippen molar-refractivity contribution in [3.8, 4) is 17.0 Å². The zero-order valence-corrected chi connectivity index (χ0v) is 15.5. The first kappa shape index (κ1) is 16.9. The molecular formula is C20H15Cl2N3O. The lowest BCUT2D eigenvalue weighted by Crippen LogP contribution is -1.97. The highest BCUT2D eigenvalue weighted by Crippen LogP contribution is 2.25. The van der Waals surface area contributed by atoms with Crippen molar-refractivity contribution in [1.29, 1.82) is 0 Å². The van der Waals surface area contributed by atoms with Gasteiger partial charge >= 0.3 is 0 Å². The summed E-state index contributed by atoms with van der Waals surface area (Å²) in [6, 6.07) is 17.2. The summed E-state index contributed by atoms with van der Waals surface area (Å²) in [6.45, 7) is 2.34. The molecule has 0 spiro atoms. The van der Waals surface area contributed by atoms with Crippen LogP contribution in [0.1, 0.15) is 11.3 Å². The third kappa shape index (κ3) is 3.39. The van der Waals surface area contributed by atoms with E-state index in [1.54, 1.807) is 18.3 Å². The Morgan fingerprint density at radius 1 is 1.00 bits per heavy atom. The van der Waals surface area contributed by atoms with Crippen LogP contribution in [0.15, 0.2) is 60.8 Å². The van der Waals surface area contributed by atoms with E-state index in [0.717, 1.165) is 33.9 Å². The van der Waals surface area contributed by atoms with Crippen molar-refractivity contribution < 1.29 is 4.74 Å². The van der Waals surface area contributed by atoms with Gasteiger partial charge in [-0.15, -0.1) is 0 Å². The summed E-state index contributed by atoms with van der Waals surface area (Å²) in [5.74, 6) is 0.765. The summed E-state index contributed by atoms with van der Waals surface area (Å²) in [5, 5.41) is 5.71. The molecule has 2 aromatic carbocycles. The number of hydrogen-bond acceptors (Lipinski definition) is 3. The highest BCUT2D eigenvalue weighted by molar-refractivity contribution is 6.35. The molecule has 130 valence electrons. The van der Waals surface area contributed by atoms with Gasteiger partial charge < -0.3 is 4.74 Å².